The van der Waals surface area contributed by atoms with Gasteiger partial charge in [-0.05, 0) is 115 Å². The zero-order valence-electron chi connectivity index (χ0n) is 23.8. The molecule has 0 aliphatic heterocycles. The van der Waals surface area contributed by atoms with Gasteiger partial charge in [-0.2, -0.15) is 0 Å². The number of fused-ring (bicyclic) bond motifs is 3. The largest absolute Gasteiger partial charge is 0.0955 e. The minimum Gasteiger partial charge on any atom is -0.0955 e. The molecule has 0 radical (unpaired) electrons. The van der Waals surface area contributed by atoms with Crippen LogP contribution < -0.4 is 0 Å². The summed E-state index contributed by atoms with van der Waals surface area (Å²) in [7, 11) is 0. The van der Waals surface area contributed by atoms with Gasteiger partial charge in [0.25, 0.3) is 0 Å². The molecule has 3 aliphatic rings. The maximum atomic E-state index is 4.78. The van der Waals surface area contributed by atoms with Crippen LogP contribution in [0.25, 0.3) is 5.57 Å². The fraction of sp³-hybridized carbons (Fsp3) is 0.351. The second kappa shape index (κ2) is 8.36. The Hall–Kier alpha value is -3.30. The molecule has 0 nitrogen and oxygen atoms in total. The second-order valence-electron chi connectivity index (χ2n) is 12.6. The summed E-state index contributed by atoms with van der Waals surface area (Å²) < 4.78 is 0. The first kappa shape index (κ1) is 25.4. The van der Waals surface area contributed by atoms with Gasteiger partial charge in [-0.15, -0.1) is 0 Å². The predicted octanol–water partition coefficient (Wildman–Crippen LogP) is 9.56. The summed E-state index contributed by atoms with van der Waals surface area (Å²) in [4.78, 5) is 0. The van der Waals surface area contributed by atoms with Crippen LogP contribution in [0.3, 0.4) is 0 Å². The highest BCUT2D eigenvalue weighted by Crippen LogP contribution is 2.70. The van der Waals surface area contributed by atoms with Gasteiger partial charge in [0.2, 0.25) is 0 Å². The third-order valence-corrected chi connectivity index (χ3v) is 9.98. The Bertz CT molecular complexity index is 1510. The zero-order chi connectivity index (χ0) is 26.9. The number of benzene rings is 2. The molecule has 3 aliphatic carbocycles. The van der Waals surface area contributed by atoms with E-state index in [1.54, 1.807) is 0 Å². The number of hydrogen-bond donors (Lipinski definition) is 0. The summed E-state index contributed by atoms with van der Waals surface area (Å²) >= 11 is 0. The van der Waals surface area contributed by atoms with Crippen LogP contribution in [0.2, 0.25) is 0 Å². The predicted molar refractivity (Wildman–Crippen MR) is 159 cm³/mol. The van der Waals surface area contributed by atoms with Gasteiger partial charge in [-0.25, -0.2) is 0 Å². The monoisotopic (exact) mass is 484 g/mol. The molecule has 0 saturated heterocycles. The van der Waals surface area contributed by atoms with Crippen molar-refractivity contribution in [3.63, 3.8) is 0 Å². The first-order valence-electron chi connectivity index (χ1n) is 13.5. The minimum atomic E-state index is -0.130. The first-order chi connectivity index (χ1) is 17.3. The number of rotatable bonds is 1. The van der Waals surface area contributed by atoms with Crippen LogP contribution in [0, 0.1) is 35.0 Å². The van der Waals surface area contributed by atoms with Gasteiger partial charge < -0.3 is 0 Å². The zero-order valence-corrected chi connectivity index (χ0v) is 23.8. The van der Waals surface area contributed by atoms with E-state index in [1.807, 2.05) is 18.2 Å². The van der Waals surface area contributed by atoms with E-state index < -0.39 is 0 Å². The van der Waals surface area contributed by atoms with Crippen molar-refractivity contribution in [3.8, 4) is 11.8 Å². The van der Waals surface area contributed by atoms with E-state index in [2.05, 4.69) is 91.2 Å². The highest BCUT2D eigenvalue weighted by atomic mass is 14.6. The Balaban J connectivity index is 1.68. The van der Waals surface area contributed by atoms with Crippen LogP contribution in [0.4, 0.5) is 0 Å². The van der Waals surface area contributed by atoms with Crippen LogP contribution in [0.15, 0.2) is 95.6 Å². The summed E-state index contributed by atoms with van der Waals surface area (Å²) in [6.45, 7) is 30.2. The minimum absolute atomic E-state index is 0.0490. The van der Waals surface area contributed by atoms with Gasteiger partial charge >= 0.3 is 0 Å². The fourth-order valence-electron chi connectivity index (χ4n) is 8.33. The molecule has 0 heteroatoms. The molecule has 0 unspecified atom stereocenters. The van der Waals surface area contributed by atoms with Gasteiger partial charge in [-0.3, -0.25) is 0 Å². The van der Waals surface area contributed by atoms with Gasteiger partial charge in [0.05, 0.1) is 0 Å². The van der Waals surface area contributed by atoms with Crippen LogP contribution in [-0.4, -0.2) is 0 Å². The topological polar surface area (TPSA) is 0 Å². The standard InChI is InChI=1S/C37H40/c1-23(2)32-24(3)20-36(9)22-35(8)21-31-19-18-30(17-16-29-14-12-11-13-15-29)25(4)33(31)26(5)34(35)28(7)37(36,10)27(32)6/h11-15,18-19H,1,5-6,20-22H2,2-4,7-10H3/t35-,36+,37-/m1/s1. The Morgan fingerprint density at radius 1 is 0.892 bits per heavy atom. The number of allylic oxidation sites excluding steroid dienone is 7. The van der Waals surface area contributed by atoms with Crippen LogP contribution in [0.1, 0.15) is 82.2 Å². The summed E-state index contributed by atoms with van der Waals surface area (Å²) in [6.07, 6.45) is 3.24. The molecule has 37 heavy (non-hydrogen) atoms. The smallest absolute Gasteiger partial charge is 0.0284 e. The Morgan fingerprint density at radius 3 is 2.22 bits per heavy atom. The highest BCUT2D eigenvalue weighted by Gasteiger charge is 2.59. The lowest BCUT2D eigenvalue weighted by atomic mass is 9.41. The van der Waals surface area contributed by atoms with Crippen LogP contribution in [0.5, 0.6) is 0 Å². The van der Waals surface area contributed by atoms with E-state index in [0.717, 1.165) is 36.0 Å². The molecular weight excluding hydrogens is 444 g/mol. The van der Waals surface area contributed by atoms with Crippen molar-refractivity contribution in [1.29, 1.82) is 0 Å². The molecule has 0 aromatic heterocycles. The normalized spacial score (nSPS) is 28.7. The quantitative estimate of drug-likeness (QED) is 0.353. The third-order valence-electron chi connectivity index (χ3n) is 9.98. The molecule has 5 rings (SSSR count). The van der Waals surface area contributed by atoms with E-state index in [1.165, 1.54) is 50.1 Å². The van der Waals surface area contributed by atoms with E-state index in [0.29, 0.717) is 0 Å². The van der Waals surface area contributed by atoms with Crippen LogP contribution >= 0.6 is 0 Å². The van der Waals surface area contributed by atoms with Crippen molar-refractivity contribution in [2.75, 3.05) is 0 Å². The highest BCUT2D eigenvalue weighted by molar-refractivity contribution is 5.87. The molecule has 0 N–H and O–H groups in total. The van der Waals surface area contributed by atoms with E-state index in [9.17, 15) is 0 Å². The average Bonchev–Trinajstić information content (AvgIpc) is 2.81. The van der Waals surface area contributed by atoms with Crippen molar-refractivity contribution in [3.05, 3.63) is 123 Å². The molecule has 3 atom stereocenters. The van der Waals surface area contributed by atoms with E-state index in [-0.39, 0.29) is 16.2 Å². The maximum Gasteiger partial charge on any atom is 0.0284 e. The lowest BCUT2D eigenvalue weighted by molar-refractivity contribution is 0.0544. The van der Waals surface area contributed by atoms with Crippen molar-refractivity contribution in [2.45, 2.75) is 67.7 Å². The van der Waals surface area contributed by atoms with Crippen molar-refractivity contribution >= 4 is 5.57 Å². The third kappa shape index (κ3) is 3.51. The van der Waals surface area contributed by atoms with Gasteiger partial charge in [0, 0.05) is 16.5 Å². The van der Waals surface area contributed by atoms with Gasteiger partial charge in [-0.1, -0.05) is 93.3 Å². The summed E-state index contributed by atoms with van der Waals surface area (Å²) in [5.74, 6) is 6.80. The van der Waals surface area contributed by atoms with Crippen molar-refractivity contribution < 1.29 is 0 Å². The van der Waals surface area contributed by atoms with Gasteiger partial charge in [0.1, 0.15) is 0 Å². The average molecular weight is 485 g/mol. The molecule has 0 spiro atoms. The molecule has 2 aromatic rings. The molecule has 0 bridgehead atoms. The van der Waals surface area contributed by atoms with Crippen molar-refractivity contribution in [2.24, 2.45) is 16.2 Å². The molecule has 0 heterocycles. The molecular formula is C37H40. The maximum absolute atomic E-state index is 4.78. The molecule has 0 fully saturated rings. The Morgan fingerprint density at radius 2 is 1.57 bits per heavy atom. The Labute approximate surface area is 224 Å². The summed E-state index contributed by atoms with van der Waals surface area (Å²) in [5.41, 5.74) is 15.2. The summed E-state index contributed by atoms with van der Waals surface area (Å²) in [5, 5.41) is 0. The second-order valence-corrected chi connectivity index (χ2v) is 12.6. The number of hydrogen-bond acceptors (Lipinski definition) is 0. The molecule has 2 aromatic carbocycles. The Kier molecular flexibility index (Phi) is 5.73. The molecule has 0 amide bonds. The van der Waals surface area contributed by atoms with E-state index >= 15 is 0 Å². The lowest BCUT2D eigenvalue weighted by Gasteiger charge is -2.62. The molecule has 188 valence electrons. The summed E-state index contributed by atoms with van der Waals surface area (Å²) in [6, 6.07) is 14.7. The van der Waals surface area contributed by atoms with E-state index in [4.69, 9.17) is 13.2 Å². The van der Waals surface area contributed by atoms with Gasteiger partial charge in [0.15, 0.2) is 0 Å². The SMILES string of the molecule is C=C(C)C1=C(C)C[C@@]2(C)C[C@@]3(C)Cc4ccc(C#Cc5ccccc5)c(C)c4C(=C)C3=C(C)[C@@]2(C)C1=C. The van der Waals surface area contributed by atoms with Crippen LogP contribution in [-0.2, 0) is 6.42 Å². The fourth-order valence-corrected chi connectivity index (χ4v) is 8.33. The molecule has 0 saturated carbocycles. The van der Waals surface area contributed by atoms with Crippen molar-refractivity contribution in [1.82, 2.24) is 0 Å². The first-order valence-corrected chi connectivity index (χ1v) is 13.5. The lowest BCUT2D eigenvalue weighted by Crippen LogP contribution is -2.52.